The van der Waals surface area contributed by atoms with Crippen LogP contribution in [0.25, 0.3) is 0 Å². The van der Waals surface area contributed by atoms with Crippen LogP contribution in [0.1, 0.15) is 40.0 Å². The highest BCUT2D eigenvalue weighted by atomic mass is 79.9. The van der Waals surface area contributed by atoms with Crippen molar-refractivity contribution in [3.63, 3.8) is 0 Å². The van der Waals surface area contributed by atoms with Gasteiger partial charge < -0.3 is 137 Å². The van der Waals surface area contributed by atoms with E-state index in [1.807, 2.05) is 20.8 Å². The molecule has 508 valence electrons. The fraction of sp³-hybridized carbons (Fsp3) is 1.00. The molecule has 31 heteroatoms. The van der Waals surface area contributed by atoms with Gasteiger partial charge >= 0.3 is 0 Å². The first-order valence-corrected chi connectivity index (χ1v) is 31.7. The average molecular weight is 1430 g/mol. The summed E-state index contributed by atoms with van der Waals surface area (Å²) in [6.45, 7) is 6.51. The van der Waals surface area contributed by atoms with Crippen molar-refractivity contribution >= 4 is 47.8 Å². The quantitative estimate of drug-likeness (QED) is 0.0285. The topological polar surface area (TPSA) is 390 Å². The number of aliphatic hydroxyl groups excluding tert-OH is 12. The monoisotopic (exact) mass is 1430 g/mol. The van der Waals surface area contributed by atoms with Gasteiger partial charge in [0.1, 0.15) is 61.0 Å². The van der Waals surface area contributed by atoms with E-state index in [2.05, 4.69) is 47.8 Å². The van der Waals surface area contributed by atoms with Crippen molar-refractivity contribution in [2.24, 2.45) is 0 Å². The van der Waals surface area contributed by atoms with Crippen molar-refractivity contribution in [3.05, 3.63) is 0 Å². The molecule has 0 saturated heterocycles. The maximum absolute atomic E-state index is 10.2. The molecule has 0 heterocycles. The highest BCUT2D eigenvalue weighted by Crippen LogP contribution is 2.08. The number of ether oxygens (including phenoxy) is 16. The average Bonchev–Trinajstić information content (AvgIpc) is 3.49. The summed E-state index contributed by atoms with van der Waals surface area (Å²) in [5.41, 5.74) is 0. The fourth-order valence-electron chi connectivity index (χ4n) is 6.09. The lowest BCUT2D eigenvalue weighted by molar-refractivity contribution is -0.131. The lowest BCUT2D eigenvalue weighted by atomic mass is 10.3. The number of aliphatic hydroxyl groups is 12. The third-order valence-electron chi connectivity index (χ3n) is 10.9. The van der Waals surface area contributed by atoms with Crippen molar-refractivity contribution in [3.8, 4) is 0 Å². The van der Waals surface area contributed by atoms with E-state index in [9.17, 15) is 61.3 Å². The number of alkyl halides is 3. The van der Waals surface area contributed by atoms with E-state index < -0.39 is 97.7 Å². The van der Waals surface area contributed by atoms with Crippen LogP contribution in [0.2, 0.25) is 0 Å². The third kappa shape index (κ3) is 56.3. The van der Waals surface area contributed by atoms with Crippen molar-refractivity contribution < 1.29 is 137 Å². The SMILES string of the molecule is CCC(O)COCC(O)COCC(COC)OCC(COCC(O)COCC(O)CC)OCC(O)COCC(O)CC.COCC(COCC(O)COCC(O)CBr)OCC(COCC(O)COCC(O)CBr)OCC(O)COCC(O)CBr. The minimum atomic E-state index is -0.965. The molecule has 0 aliphatic carbocycles. The summed E-state index contributed by atoms with van der Waals surface area (Å²) in [7, 11) is 3.03. The molecule has 0 rings (SSSR count). The lowest BCUT2D eigenvalue weighted by Crippen LogP contribution is -2.36. The Hall–Kier alpha value is 0.320. The molecule has 0 aromatic heterocycles. The molecular weight excluding hydrogens is 1320 g/mol. The van der Waals surface area contributed by atoms with Gasteiger partial charge in [-0.05, 0) is 19.3 Å². The van der Waals surface area contributed by atoms with Crippen LogP contribution in [-0.4, -0.2) is 361 Å². The molecule has 0 aliphatic heterocycles. The van der Waals surface area contributed by atoms with Gasteiger partial charge in [0.25, 0.3) is 0 Å². The van der Waals surface area contributed by atoms with Crippen LogP contribution >= 0.6 is 47.8 Å². The van der Waals surface area contributed by atoms with E-state index in [1.165, 1.54) is 14.2 Å². The Balaban J connectivity index is 0. The van der Waals surface area contributed by atoms with Crippen LogP contribution in [0.15, 0.2) is 0 Å². The summed E-state index contributed by atoms with van der Waals surface area (Å²) in [5.74, 6) is 0. The Bertz CT molecular complexity index is 1260. The predicted molar refractivity (Wildman–Crippen MR) is 315 cm³/mol. The van der Waals surface area contributed by atoms with E-state index in [0.29, 0.717) is 35.3 Å². The molecule has 0 fully saturated rings. The van der Waals surface area contributed by atoms with E-state index in [1.54, 1.807) is 0 Å². The van der Waals surface area contributed by atoms with Crippen LogP contribution in [0.3, 0.4) is 0 Å². The van der Waals surface area contributed by atoms with Crippen molar-refractivity contribution in [2.45, 2.75) is 138 Å². The maximum atomic E-state index is 10.2. The molecule has 16 atom stereocenters. The molecule has 0 aromatic rings. The Labute approximate surface area is 522 Å². The zero-order valence-corrected chi connectivity index (χ0v) is 54.7. The second-order valence-electron chi connectivity index (χ2n) is 19.6. The molecule has 0 spiro atoms. The molecule has 0 aromatic carbocycles. The van der Waals surface area contributed by atoms with Crippen LogP contribution in [-0.2, 0) is 75.8 Å². The third-order valence-corrected chi connectivity index (χ3v) is 13.2. The first kappa shape index (κ1) is 86.4. The summed E-state index contributed by atoms with van der Waals surface area (Å²) in [6.07, 6.45) is -9.91. The van der Waals surface area contributed by atoms with E-state index >= 15 is 0 Å². The Morgan fingerprint density at radius 2 is 0.381 bits per heavy atom. The molecule has 12 N–H and O–H groups in total. The number of methoxy groups -OCH3 is 2. The Morgan fingerprint density at radius 3 is 0.583 bits per heavy atom. The zero-order chi connectivity index (χ0) is 63.2. The van der Waals surface area contributed by atoms with Crippen molar-refractivity contribution in [1.82, 2.24) is 0 Å². The normalized spacial score (nSPS) is 17.9. The molecule has 0 aliphatic rings. The summed E-state index contributed by atoms with van der Waals surface area (Å²) in [5, 5.41) is 119. The largest absolute Gasteiger partial charge is 0.391 e. The summed E-state index contributed by atoms with van der Waals surface area (Å²) < 4.78 is 87.7. The van der Waals surface area contributed by atoms with Gasteiger partial charge in [0.2, 0.25) is 0 Å². The first-order valence-electron chi connectivity index (χ1n) is 28.4. The molecule has 0 bridgehead atoms. The minimum Gasteiger partial charge on any atom is -0.391 e. The summed E-state index contributed by atoms with van der Waals surface area (Å²) >= 11 is 9.41. The van der Waals surface area contributed by atoms with Gasteiger partial charge in [-0.15, -0.1) is 0 Å². The Kier molecular flexibility index (Phi) is 62.6. The molecule has 84 heavy (non-hydrogen) atoms. The summed E-state index contributed by atoms with van der Waals surface area (Å²) in [4.78, 5) is 0. The number of hydrogen-bond donors (Lipinski definition) is 12. The first-order chi connectivity index (χ1) is 40.3. The van der Waals surface area contributed by atoms with E-state index in [0.717, 1.165) is 0 Å². The second-order valence-corrected chi connectivity index (χ2v) is 21.6. The molecule has 16 unspecified atom stereocenters. The van der Waals surface area contributed by atoms with E-state index in [-0.39, 0.29) is 172 Å². The number of halogens is 3. The number of hydrogen-bond acceptors (Lipinski definition) is 28. The van der Waals surface area contributed by atoms with Crippen LogP contribution in [0.4, 0.5) is 0 Å². The summed E-state index contributed by atoms with van der Waals surface area (Å²) in [6, 6.07) is 0. The predicted octanol–water partition coefficient (Wildman–Crippen LogP) is -2.28. The Morgan fingerprint density at radius 1 is 0.214 bits per heavy atom. The van der Waals surface area contributed by atoms with Gasteiger partial charge in [-0.2, -0.15) is 0 Å². The van der Waals surface area contributed by atoms with Crippen molar-refractivity contribution in [2.75, 3.05) is 202 Å². The van der Waals surface area contributed by atoms with Gasteiger partial charge in [0.15, 0.2) is 0 Å². The maximum Gasteiger partial charge on any atom is 0.104 e. The smallest absolute Gasteiger partial charge is 0.104 e. The van der Waals surface area contributed by atoms with Gasteiger partial charge in [0.05, 0.1) is 208 Å². The van der Waals surface area contributed by atoms with Gasteiger partial charge in [0, 0.05) is 30.2 Å². The van der Waals surface area contributed by atoms with Crippen molar-refractivity contribution in [1.29, 1.82) is 0 Å². The highest BCUT2D eigenvalue weighted by molar-refractivity contribution is 9.09. The standard InChI is InChI=1S/C28H58O14.C25H49Br3O14/c1-5-21(29)8-36-11-24(32)13-39-18-27(17-35-4)42-20-28(41-16-26(34)15-38-10-23(31)7-3)19-40-14-25(33)12-37-9-22(30)6-2;1-35-14-24(15-39-10-21(32)8-36-5-18(29)2-26)42-17-25(41-13-23(34)12-38-7-20(31)4-28)16-40-11-22(33)9-37-6-19(30)3-27/h21-34H,5-20H2,1-4H3;18-25,29-34H,2-17H2,1H3. The number of rotatable bonds is 62. The fourth-order valence-corrected chi connectivity index (χ4v) is 6.65. The van der Waals surface area contributed by atoms with Gasteiger partial charge in [-0.1, -0.05) is 68.6 Å². The highest BCUT2D eigenvalue weighted by Gasteiger charge is 2.22. The minimum absolute atomic E-state index is 0.00206. The molecule has 0 saturated carbocycles. The van der Waals surface area contributed by atoms with Crippen LogP contribution < -0.4 is 0 Å². The van der Waals surface area contributed by atoms with Crippen LogP contribution in [0.5, 0.6) is 0 Å². The molecule has 28 nitrogen and oxygen atoms in total. The van der Waals surface area contributed by atoms with E-state index in [4.69, 9.17) is 75.8 Å². The molecule has 0 radical (unpaired) electrons. The van der Waals surface area contributed by atoms with Gasteiger partial charge in [-0.25, -0.2) is 0 Å². The molecule has 0 amide bonds. The second kappa shape index (κ2) is 60.9. The lowest BCUT2D eigenvalue weighted by Gasteiger charge is -2.24. The zero-order valence-electron chi connectivity index (χ0n) is 49.9. The van der Waals surface area contributed by atoms with Gasteiger partial charge in [-0.3, -0.25) is 0 Å². The molecular formula is C53H107Br3O28. The van der Waals surface area contributed by atoms with Crippen LogP contribution in [0, 0.1) is 0 Å².